The minimum absolute atomic E-state index is 0.312. The van der Waals surface area contributed by atoms with E-state index in [1.807, 2.05) is 12.1 Å². The van der Waals surface area contributed by atoms with Gasteiger partial charge in [0, 0.05) is 19.7 Å². The molecule has 0 atom stereocenters. The van der Waals surface area contributed by atoms with Gasteiger partial charge in [-0.3, -0.25) is 0 Å². The lowest BCUT2D eigenvalue weighted by molar-refractivity contribution is 0.178. The smallest absolute Gasteiger partial charge is 0.158 e. The van der Waals surface area contributed by atoms with Gasteiger partial charge in [-0.1, -0.05) is 23.7 Å². The highest BCUT2D eigenvalue weighted by molar-refractivity contribution is 6.29. The van der Waals surface area contributed by atoms with Gasteiger partial charge in [0.1, 0.15) is 17.6 Å². The van der Waals surface area contributed by atoms with Gasteiger partial charge in [0.25, 0.3) is 0 Å². The second kappa shape index (κ2) is 6.85. The Kier molecular flexibility index (Phi) is 4.88. The molecule has 0 aliphatic heterocycles. The van der Waals surface area contributed by atoms with Gasteiger partial charge in [-0.2, -0.15) is 5.26 Å². The molecule has 5 nitrogen and oxygen atoms in total. The maximum absolute atomic E-state index is 8.74. The highest BCUT2D eigenvalue weighted by Gasteiger charge is 2.03. The molecule has 0 aliphatic rings. The van der Waals surface area contributed by atoms with Gasteiger partial charge in [0.2, 0.25) is 0 Å². The maximum Gasteiger partial charge on any atom is 0.158 e. The molecule has 102 valence electrons. The summed E-state index contributed by atoms with van der Waals surface area (Å²) in [7, 11) is 1.58. The van der Waals surface area contributed by atoms with E-state index >= 15 is 0 Å². The zero-order valence-electron chi connectivity index (χ0n) is 10.9. The molecule has 6 heteroatoms. The van der Waals surface area contributed by atoms with E-state index < -0.39 is 0 Å². The fourth-order valence-electron chi connectivity index (χ4n) is 1.64. The van der Waals surface area contributed by atoms with Crippen LogP contribution in [0.2, 0.25) is 5.15 Å². The third kappa shape index (κ3) is 3.92. The number of methoxy groups -OCH3 is 1. The molecular formula is C14H13ClN4O. The minimum atomic E-state index is 0.312. The van der Waals surface area contributed by atoms with Gasteiger partial charge in [-0.25, -0.2) is 9.97 Å². The van der Waals surface area contributed by atoms with Crippen LogP contribution in [0.15, 0.2) is 30.3 Å². The monoisotopic (exact) mass is 288 g/mol. The molecule has 0 saturated heterocycles. The van der Waals surface area contributed by atoms with Crippen LogP contribution in [-0.4, -0.2) is 17.1 Å². The lowest BCUT2D eigenvalue weighted by Crippen LogP contribution is -2.05. The van der Waals surface area contributed by atoms with Crippen LogP contribution in [-0.2, 0) is 17.9 Å². The predicted octanol–water partition coefficient (Wildman–Crippen LogP) is 2.76. The number of halogens is 1. The average Bonchev–Trinajstić information content (AvgIpc) is 2.45. The van der Waals surface area contributed by atoms with Crippen molar-refractivity contribution in [2.45, 2.75) is 13.2 Å². The van der Waals surface area contributed by atoms with Crippen molar-refractivity contribution >= 4 is 17.4 Å². The zero-order valence-corrected chi connectivity index (χ0v) is 11.7. The molecule has 0 bridgehead atoms. The van der Waals surface area contributed by atoms with Crippen LogP contribution in [0.5, 0.6) is 0 Å². The molecule has 0 amide bonds. The van der Waals surface area contributed by atoms with E-state index in [0.717, 1.165) is 5.56 Å². The summed E-state index contributed by atoms with van der Waals surface area (Å²) >= 11 is 5.92. The first-order chi connectivity index (χ1) is 9.71. The van der Waals surface area contributed by atoms with Crippen LogP contribution < -0.4 is 5.32 Å². The Bertz CT molecular complexity index is 622. The summed E-state index contributed by atoms with van der Waals surface area (Å²) in [6.45, 7) is 0.900. The summed E-state index contributed by atoms with van der Waals surface area (Å²) in [6.07, 6.45) is 0. The van der Waals surface area contributed by atoms with Crippen LogP contribution in [0.1, 0.15) is 17.0 Å². The van der Waals surface area contributed by atoms with Crippen molar-refractivity contribution in [1.82, 2.24) is 9.97 Å². The molecule has 0 radical (unpaired) electrons. The van der Waals surface area contributed by atoms with Gasteiger partial charge < -0.3 is 10.1 Å². The predicted molar refractivity (Wildman–Crippen MR) is 76.2 cm³/mol. The SMILES string of the molecule is COCc1nc(Cl)cc(NCc2ccc(C#N)cc2)n1. The summed E-state index contributed by atoms with van der Waals surface area (Å²) in [6, 6.07) is 11.1. The summed E-state index contributed by atoms with van der Waals surface area (Å²) in [5, 5.41) is 12.3. The number of hydrogen-bond donors (Lipinski definition) is 1. The van der Waals surface area contributed by atoms with Crippen molar-refractivity contribution in [2.24, 2.45) is 0 Å². The summed E-state index contributed by atoms with van der Waals surface area (Å²) < 4.78 is 4.98. The first-order valence-electron chi connectivity index (χ1n) is 5.96. The fourth-order valence-corrected chi connectivity index (χ4v) is 1.84. The lowest BCUT2D eigenvalue weighted by Gasteiger charge is -2.08. The first kappa shape index (κ1) is 14.3. The fraction of sp³-hybridized carbons (Fsp3) is 0.214. The number of nitrogens with zero attached hydrogens (tertiary/aromatic N) is 3. The second-order valence-corrected chi connectivity index (χ2v) is 4.47. The Morgan fingerprint density at radius 1 is 1.30 bits per heavy atom. The standard InChI is InChI=1S/C14H13ClN4O/c1-20-9-14-18-12(15)6-13(19-14)17-8-11-4-2-10(7-16)3-5-11/h2-6H,8-9H2,1H3,(H,17,18,19). The van der Waals surface area contributed by atoms with Gasteiger partial charge in [-0.05, 0) is 17.7 Å². The average molecular weight is 289 g/mol. The number of benzene rings is 1. The summed E-state index contributed by atoms with van der Waals surface area (Å²) in [5.74, 6) is 1.17. The minimum Gasteiger partial charge on any atom is -0.377 e. The largest absolute Gasteiger partial charge is 0.377 e. The number of anilines is 1. The Morgan fingerprint density at radius 2 is 2.05 bits per heavy atom. The number of nitriles is 1. The molecule has 1 N–H and O–H groups in total. The van der Waals surface area contributed by atoms with Crippen molar-refractivity contribution in [3.63, 3.8) is 0 Å². The number of ether oxygens (including phenoxy) is 1. The van der Waals surface area contributed by atoms with E-state index in [9.17, 15) is 0 Å². The highest BCUT2D eigenvalue weighted by atomic mass is 35.5. The molecule has 1 aromatic heterocycles. The maximum atomic E-state index is 8.74. The molecule has 0 aliphatic carbocycles. The Hall–Kier alpha value is -2.16. The van der Waals surface area contributed by atoms with E-state index in [-0.39, 0.29) is 0 Å². The van der Waals surface area contributed by atoms with Crippen LogP contribution in [0.25, 0.3) is 0 Å². The van der Waals surface area contributed by atoms with Gasteiger partial charge in [0.15, 0.2) is 5.82 Å². The summed E-state index contributed by atoms with van der Waals surface area (Å²) in [5.41, 5.74) is 1.69. The Balaban J connectivity index is 2.04. The number of nitrogens with one attached hydrogen (secondary N) is 1. The molecular weight excluding hydrogens is 276 g/mol. The molecule has 0 unspecified atom stereocenters. The topological polar surface area (TPSA) is 70.8 Å². The van der Waals surface area contributed by atoms with Crippen molar-refractivity contribution in [1.29, 1.82) is 5.26 Å². The molecule has 0 fully saturated rings. The Morgan fingerprint density at radius 3 is 2.70 bits per heavy atom. The third-order valence-electron chi connectivity index (χ3n) is 2.57. The lowest BCUT2D eigenvalue weighted by atomic mass is 10.1. The van der Waals surface area contributed by atoms with Crippen LogP contribution in [0.4, 0.5) is 5.82 Å². The molecule has 1 aromatic carbocycles. The van der Waals surface area contributed by atoms with E-state index in [1.54, 1.807) is 25.3 Å². The molecule has 1 heterocycles. The number of aromatic nitrogens is 2. The third-order valence-corrected chi connectivity index (χ3v) is 2.76. The molecule has 20 heavy (non-hydrogen) atoms. The van der Waals surface area contributed by atoms with Gasteiger partial charge >= 0.3 is 0 Å². The normalized spacial score (nSPS) is 10.1. The van der Waals surface area contributed by atoms with Gasteiger partial charge in [-0.15, -0.1) is 0 Å². The summed E-state index contributed by atoms with van der Waals surface area (Å²) in [4.78, 5) is 8.34. The zero-order chi connectivity index (χ0) is 14.4. The molecule has 2 aromatic rings. The van der Waals surface area contributed by atoms with Crippen LogP contribution in [0.3, 0.4) is 0 Å². The Labute approximate surface area is 122 Å². The van der Waals surface area contributed by atoms with E-state index in [2.05, 4.69) is 21.4 Å². The highest BCUT2D eigenvalue weighted by Crippen LogP contribution is 2.13. The first-order valence-corrected chi connectivity index (χ1v) is 6.34. The van der Waals surface area contributed by atoms with Gasteiger partial charge in [0.05, 0.1) is 11.6 Å². The molecule has 0 saturated carbocycles. The molecule has 2 rings (SSSR count). The van der Waals surface area contributed by atoms with Crippen molar-refractivity contribution in [2.75, 3.05) is 12.4 Å². The quantitative estimate of drug-likeness (QED) is 0.857. The molecule has 0 spiro atoms. The van der Waals surface area contributed by atoms with E-state index in [1.165, 1.54) is 0 Å². The van der Waals surface area contributed by atoms with Crippen molar-refractivity contribution in [3.8, 4) is 6.07 Å². The van der Waals surface area contributed by atoms with E-state index in [4.69, 9.17) is 21.6 Å². The number of rotatable bonds is 5. The number of hydrogen-bond acceptors (Lipinski definition) is 5. The van der Waals surface area contributed by atoms with E-state index in [0.29, 0.717) is 35.5 Å². The van der Waals surface area contributed by atoms with Crippen LogP contribution in [0, 0.1) is 11.3 Å². The van der Waals surface area contributed by atoms with Crippen LogP contribution >= 0.6 is 11.6 Å². The van der Waals surface area contributed by atoms with Crippen molar-refractivity contribution < 1.29 is 4.74 Å². The van der Waals surface area contributed by atoms with Crippen molar-refractivity contribution in [3.05, 3.63) is 52.4 Å². The second-order valence-electron chi connectivity index (χ2n) is 4.09.